The number of hydrogen-bond acceptors (Lipinski definition) is 9. The van der Waals surface area contributed by atoms with Gasteiger partial charge in [0.05, 0.1) is 18.1 Å². The van der Waals surface area contributed by atoms with E-state index in [0.29, 0.717) is 25.9 Å². The summed E-state index contributed by atoms with van der Waals surface area (Å²) in [6, 6.07) is 0. The van der Waals surface area contributed by atoms with Crippen LogP contribution in [0.1, 0.15) is 73.1 Å². The third-order valence-electron chi connectivity index (χ3n) is 9.64. The molecule has 0 unspecified atom stereocenters. The first-order chi connectivity index (χ1) is 16.5. The molecule has 9 heteroatoms. The van der Waals surface area contributed by atoms with Crippen LogP contribution in [0.2, 0.25) is 0 Å². The van der Waals surface area contributed by atoms with Crippen LogP contribution in [0.3, 0.4) is 0 Å². The van der Waals surface area contributed by atoms with Gasteiger partial charge in [-0.2, -0.15) is 0 Å². The van der Waals surface area contributed by atoms with Gasteiger partial charge in [0.2, 0.25) is 0 Å². The molecule has 2 heterocycles. The third kappa shape index (κ3) is 4.31. The molecule has 0 aromatic heterocycles. The number of carbonyl (C=O) groups is 2. The lowest BCUT2D eigenvalue weighted by atomic mass is 9.41. The summed E-state index contributed by atoms with van der Waals surface area (Å²) in [5.74, 6) is -0.864. The van der Waals surface area contributed by atoms with Gasteiger partial charge in [-0.05, 0) is 44.4 Å². The quantitative estimate of drug-likeness (QED) is 0.510. The summed E-state index contributed by atoms with van der Waals surface area (Å²) >= 11 is 0. The number of ether oxygens (including phenoxy) is 5. The van der Waals surface area contributed by atoms with Gasteiger partial charge in [0.25, 0.3) is 0 Å². The van der Waals surface area contributed by atoms with E-state index in [1.165, 1.54) is 13.8 Å². The Morgan fingerprint density at radius 1 is 1.11 bits per heavy atom. The van der Waals surface area contributed by atoms with Crippen molar-refractivity contribution in [2.24, 2.45) is 28.6 Å². The molecule has 0 amide bonds. The molecule has 2 N–H and O–H groups in total. The maximum absolute atomic E-state index is 12.2. The molecule has 4 aliphatic rings. The molecule has 2 aliphatic carbocycles. The van der Waals surface area contributed by atoms with Gasteiger partial charge < -0.3 is 33.9 Å². The fourth-order valence-electron chi connectivity index (χ4n) is 7.81. The summed E-state index contributed by atoms with van der Waals surface area (Å²) in [4.78, 5) is 24.1. The molecule has 10 atom stereocenters. The molecule has 0 aromatic rings. The van der Waals surface area contributed by atoms with Gasteiger partial charge in [-0.3, -0.25) is 9.59 Å². The molecule has 2 aliphatic heterocycles. The molecule has 35 heavy (non-hydrogen) atoms. The van der Waals surface area contributed by atoms with Crippen LogP contribution < -0.4 is 0 Å². The fourth-order valence-corrected chi connectivity index (χ4v) is 7.81. The Labute approximate surface area is 207 Å². The zero-order valence-corrected chi connectivity index (χ0v) is 21.7. The highest BCUT2D eigenvalue weighted by Crippen LogP contribution is 2.66. The standard InChI is InChI=1S/C26H42O9/c1-6-31-22-12-18-11-20(34-23(18)35-22)24(5)15(2)10-21(33-17(4)29)26(14-32-16(3)28)19(24)8-7-9-25(26,30)13-27/h15,18-23,27,30H,6-14H2,1-5H3/t15-,18+,19-,20+,21+,22-,23-,24+,25+,26+/m1/s1. The molecule has 4 fully saturated rings. The molecule has 0 radical (unpaired) electrons. The summed E-state index contributed by atoms with van der Waals surface area (Å²) in [7, 11) is 0. The Morgan fingerprint density at radius 2 is 1.86 bits per heavy atom. The van der Waals surface area contributed by atoms with Gasteiger partial charge in [-0.25, -0.2) is 0 Å². The Bertz CT molecular complexity index is 790. The largest absolute Gasteiger partial charge is 0.465 e. The van der Waals surface area contributed by atoms with Crippen molar-refractivity contribution >= 4 is 11.9 Å². The first kappa shape index (κ1) is 26.8. The summed E-state index contributed by atoms with van der Waals surface area (Å²) in [5.41, 5.74) is -3.17. The molecular formula is C26H42O9. The number of aliphatic hydroxyl groups excluding tert-OH is 1. The fraction of sp³-hybridized carbons (Fsp3) is 0.923. The van der Waals surface area contributed by atoms with Gasteiger partial charge in [-0.1, -0.05) is 20.3 Å². The monoisotopic (exact) mass is 498 g/mol. The van der Waals surface area contributed by atoms with Gasteiger partial charge in [0.1, 0.15) is 18.3 Å². The van der Waals surface area contributed by atoms with Crippen LogP contribution in [0.25, 0.3) is 0 Å². The minimum atomic E-state index is -1.57. The van der Waals surface area contributed by atoms with E-state index in [2.05, 4.69) is 13.8 Å². The van der Waals surface area contributed by atoms with Crippen molar-refractivity contribution < 1.29 is 43.5 Å². The van der Waals surface area contributed by atoms with E-state index >= 15 is 0 Å². The van der Waals surface area contributed by atoms with Gasteiger partial charge in [-0.15, -0.1) is 0 Å². The zero-order chi connectivity index (χ0) is 25.6. The Balaban J connectivity index is 1.73. The second-order valence-electron chi connectivity index (χ2n) is 11.3. The van der Waals surface area contributed by atoms with E-state index in [-0.39, 0.29) is 43.0 Å². The highest BCUT2D eigenvalue weighted by Gasteiger charge is 2.72. The first-order valence-corrected chi connectivity index (χ1v) is 13.1. The van der Waals surface area contributed by atoms with Crippen molar-refractivity contribution in [3.8, 4) is 0 Å². The molecule has 200 valence electrons. The molecule has 0 spiro atoms. The smallest absolute Gasteiger partial charge is 0.302 e. The van der Waals surface area contributed by atoms with Crippen molar-refractivity contribution in [2.75, 3.05) is 19.8 Å². The predicted molar refractivity (Wildman–Crippen MR) is 124 cm³/mol. The van der Waals surface area contributed by atoms with Crippen LogP contribution in [-0.4, -0.2) is 72.4 Å². The van der Waals surface area contributed by atoms with Gasteiger partial charge in [0.15, 0.2) is 12.6 Å². The van der Waals surface area contributed by atoms with Crippen molar-refractivity contribution in [2.45, 2.75) is 104 Å². The highest BCUT2D eigenvalue weighted by atomic mass is 16.8. The molecule has 9 nitrogen and oxygen atoms in total. The number of esters is 2. The van der Waals surface area contributed by atoms with Crippen molar-refractivity contribution in [3.05, 3.63) is 0 Å². The van der Waals surface area contributed by atoms with Crippen LogP contribution in [0.5, 0.6) is 0 Å². The molecule has 4 rings (SSSR count). The predicted octanol–water partition coefficient (Wildman–Crippen LogP) is 2.55. The van der Waals surface area contributed by atoms with E-state index in [4.69, 9.17) is 23.7 Å². The van der Waals surface area contributed by atoms with Crippen LogP contribution in [0.15, 0.2) is 0 Å². The second-order valence-corrected chi connectivity index (χ2v) is 11.3. The number of aliphatic hydroxyl groups is 2. The molecule has 0 aromatic carbocycles. The van der Waals surface area contributed by atoms with Crippen LogP contribution in [-0.2, 0) is 33.3 Å². The summed E-state index contributed by atoms with van der Waals surface area (Å²) in [6.45, 7) is 8.88. The van der Waals surface area contributed by atoms with Gasteiger partial charge in [0, 0.05) is 38.2 Å². The van der Waals surface area contributed by atoms with Gasteiger partial charge >= 0.3 is 11.9 Å². The lowest BCUT2D eigenvalue weighted by Gasteiger charge is -2.66. The molecule has 2 saturated carbocycles. The van der Waals surface area contributed by atoms with Crippen molar-refractivity contribution in [1.82, 2.24) is 0 Å². The van der Waals surface area contributed by atoms with E-state index in [1.807, 2.05) is 6.92 Å². The van der Waals surface area contributed by atoms with Crippen LogP contribution in [0.4, 0.5) is 0 Å². The Hall–Kier alpha value is -1.26. The first-order valence-electron chi connectivity index (χ1n) is 13.1. The molecule has 2 saturated heterocycles. The number of fused-ring (bicyclic) bond motifs is 2. The zero-order valence-electron chi connectivity index (χ0n) is 21.7. The maximum atomic E-state index is 12.2. The topological polar surface area (TPSA) is 121 Å². The van der Waals surface area contributed by atoms with E-state index in [1.54, 1.807) is 0 Å². The maximum Gasteiger partial charge on any atom is 0.302 e. The van der Waals surface area contributed by atoms with Crippen molar-refractivity contribution in [3.63, 3.8) is 0 Å². The number of carbonyl (C=O) groups excluding carboxylic acids is 2. The Morgan fingerprint density at radius 3 is 2.46 bits per heavy atom. The van der Waals surface area contributed by atoms with E-state index in [0.717, 1.165) is 19.3 Å². The van der Waals surface area contributed by atoms with Crippen LogP contribution >= 0.6 is 0 Å². The summed E-state index contributed by atoms with van der Waals surface area (Å²) in [5, 5.41) is 22.4. The normalized spacial score (nSPS) is 47.1. The summed E-state index contributed by atoms with van der Waals surface area (Å²) in [6.07, 6.45) is 2.35. The lowest BCUT2D eigenvalue weighted by Crippen LogP contribution is -2.73. The third-order valence-corrected chi connectivity index (χ3v) is 9.64. The SMILES string of the molecule is CCO[C@H]1C[C@@H]2C[C@@H]([C@@]3(C)[C@H](C)C[C@H](OC(C)=O)[C@]4(COC(C)=O)[C@@H]3CCC[C@]4(O)CO)O[C@@H]2O1. The summed E-state index contributed by atoms with van der Waals surface area (Å²) < 4.78 is 29.7. The second kappa shape index (κ2) is 9.89. The molecule has 0 bridgehead atoms. The van der Waals surface area contributed by atoms with Crippen molar-refractivity contribution in [1.29, 1.82) is 0 Å². The lowest BCUT2D eigenvalue weighted by molar-refractivity contribution is -0.301. The average molecular weight is 499 g/mol. The minimum Gasteiger partial charge on any atom is -0.465 e. The number of rotatable bonds is 7. The number of hydrogen-bond donors (Lipinski definition) is 2. The Kier molecular flexibility index (Phi) is 7.57. The van der Waals surface area contributed by atoms with Crippen LogP contribution in [0, 0.1) is 28.6 Å². The van der Waals surface area contributed by atoms with E-state index in [9.17, 15) is 19.8 Å². The minimum absolute atomic E-state index is 0.0786. The average Bonchev–Trinajstić information content (AvgIpc) is 3.35. The highest BCUT2D eigenvalue weighted by molar-refractivity contribution is 5.67. The molecular weight excluding hydrogens is 456 g/mol. The van der Waals surface area contributed by atoms with E-state index < -0.39 is 41.1 Å².